The smallest absolute Gasteiger partial charge is 0.214 e. The Morgan fingerprint density at radius 2 is 2.12 bits per heavy atom. The molecule has 6 nitrogen and oxygen atoms in total. The van der Waals surface area contributed by atoms with Crippen molar-refractivity contribution in [1.82, 2.24) is 14.9 Å². The Morgan fingerprint density at radius 1 is 1.36 bits per heavy atom. The highest BCUT2D eigenvalue weighted by Gasteiger charge is 2.14. The molecule has 2 aromatic rings. The van der Waals surface area contributed by atoms with Gasteiger partial charge < -0.3 is 14.9 Å². The van der Waals surface area contributed by atoms with E-state index in [0.29, 0.717) is 17.9 Å². The number of aromatic nitrogens is 3. The van der Waals surface area contributed by atoms with E-state index in [-0.39, 0.29) is 6.10 Å². The van der Waals surface area contributed by atoms with Gasteiger partial charge in [0.05, 0.1) is 23.7 Å². The number of aromatic amines is 1. The molecule has 1 aromatic heterocycles. The number of H-pyrrole nitrogens is 1. The summed E-state index contributed by atoms with van der Waals surface area (Å²) in [6, 6.07) is 4.01. The first kappa shape index (κ1) is 19.8. The van der Waals surface area contributed by atoms with Crippen LogP contribution in [0.2, 0.25) is 0 Å². The van der Waals surface area contributed by atoms with E-state index in [0.717, 1.165) is 40.2 Å². The van der Waals surface area contributed by atoms with Crippen LogP contribution in [0.25, 0.3) is 0 Å². The lowest BCUT2D eigenvalue weighted by atomic mass is 10.2. The maximum absolute atomic E-state index is 5.88. The Bertz CT molecular complexity index is 758. The van der Waals surface area contributed by atoms with Gasteiger partial charge in [0.25, 0.3) is 0 Å². The lowest BCUT2D eigenvalue weighted by molar-refractivity contribution is 0.222. The highest BCUT2D eigenvalue weighted by Crippen LogP contribution is 2.37. The third kappa shape index (κ3) is 5.22. The summed E-state index contributed by atoms with van der Waals surface area (Å²) in [4.78, 5) is 0. The topological polar surface area (TPSA) is 64.1 Å². The average molecular weight is 429 g/mol. The molecule has 0 amide bonds. The standard InChI is InChI=1S/C17H25BrN4O2S/c1-5-7-15-20-21-17(25)22(15)19-10-12-8-13(18)16(24-11(3)4)14(9-12)23-6-2/h8-9,11,19H,5-7,10H2,1-4H3,(H,21,25). The van der Waals surface area contributed by atoms with Crippen molar-refractivity contribution in [3.63, 3.8) is 0 Å². The average Bonchev–Trinajstić information content (AvgIpc) is 2.89. The van der Waals surface area contributed by atoms with Gasteiger partial charge in [-0.1, -0.05) is 6.92 Å². The van der Waals surface area contributed by atoms with Crippen molar-refractivity contribution in [1.29, 1.82) is 0 Å². The predicted octanol–water partition coefficient (Wildman–Crippen LogP) is 4.59. The van der Waals surface area contributed by atoms with Crippen LogP contribution in [0.1, 0.15) is 45.5 Å². The molecule has 0 aliphatic rings. The number of hydrogen-bond acceptors (Lipinski definition) is 5. The van der Waals surface area contributed by atoms with Gasteiger partial charge in [0, 0.05) is 6.42 Å². The fraction of sp³-hybridized carbons (Fsp3) is 0.529. The first-order chi connectivity index (χ1) is 12.0. The maximum Gasteiger partial charge on any atom is 0.214 e. The van der Waals surface area contributed by atoms with Gasteiger partial charge in [0.2, 0.25) is 4.77 Å². The number of benzene rings is 1. The van der Waals surface area contributed by atoms with Crippen LogP contribution >= 0.6 is 28.1 Å². The second-order valence-corrected chi connectivity index (χ2v) is 7.11. The fourth-order valence-electron chi connectivity index (χ4n) is 2.39. The quantitative estimate of drug-likeness (QED) is 0.571. The molecular weight excluding hydrogens is 404 g/mol. The normalized spacial score (nSPS) is 11.0. The summed E-state index contributed by atoms with van der Waals surface area (Å²) in [5.41, 5.74) is 4.37. The molecule has 0 spiro atoms. The SMILES string of the molecule is CCCc1n[nH]c(=S)n1NCc1cc(Br)c(OC(C)C)c(OCC)c1. The lowest BCUT2D eigenvalue weighted by Crippen LogP contribution is -2.18. The Balaban J connectivity index is 2.23. The van der Waals surface area contributed by atoms with Crippen LogP contribution in [-0.2, 0) is 13.0 Å². The molecule has 0 radical (unpaired) electrons. The zero-order chi connectivity index (χ0) is 18.4. The molecule has 2 N–H and O–H groups in total. The van der Waals surface area contributed by atoms with Crippen molar-refractivity contribution in [2.24, 2.45) is 0 Å². The first-order valence-electron chi connectivity index (χ1n) is 8.48. The third-order valence-corrected chi connectivity index (χ3v) is 4.24. The summed E-state index contributed by atoms with van der Waals surface area (Å²) in [6.07, 6.45) is 1.93. The summed E-state index contributed by atoms with van der Waals surface area (Å²) in [5.74, 6) is 2.36. The van der Waals surface area contributed by atoms with Crippen LogP contribution in [0.4, 0.5) is 0 Å². The van der Waals surface area contributed by atoms with Gasteiger partial charge in [0.1, 0.15) is 0 Å². The van der Waals surface area contributed by atoms with Gasteiger partial charge >= 0.3 is 0 Å². The molecule has 0 bridgehead atoms. The van der Waals surface area contributed by atoms with Gasteiger partial charge in [-0.05, 0) is 73.0 Å². The van der Waals surface area contributed by atoms with Crippen LogP contribution in [0, 0.1) is 4.77 Å². The Hall–Kier alpha value is -1.54. The fourth-order valence-corrected chi connectivity index (χ4v) is 3.19. The number of ether oxygens (including phenoxy) is 2. The number of hydrogen-bond donors (Lipinski definition) is 2. The van der Waals surface area contributed by atoms with Gasteiger partial charge in [-0.2, -0.15) is 5.10 Å². The summed E-state index contributed by atoms with van der Waals surface area (Å²) in [7, 11) is 0. The number of rotatable bonds is 9. The molecule has 1 aromatic carbocycles. The van der Waals surface area contributed by atoms with E-state index >= 15 is 0 Å². The zero-order valence-electron chi connectivity index (χ0n) is 15.1. The zero-order valence-corrected chi connectivity index (χ0v) is 17.5. The van der Waals surface area contributed by atoms with Crippen molar-refractivity contribution in [3.05, 3.63) is 32.8 Å². The lowest BCUT2D eigenvalue weighted by Gasteiger charge is -2.18. The molecule has 0 aliphatic carbocycles. The van der Waals surface area contributed by atoms with Crippen molar-refractivity contribution >= 4 is 28.1 Å². The van der Waals surface area contributed by atoms with Gasteiger partial charge in [-0.25, -0.2) is 4.68 Å². The molecule has 0 aliphatic heterocycles. The molecule has 0 saturated carbocycles. The summed E-state index contributed by atoms with van der Waals surface area (Å²) in [6.45, 7) is 9.22. The Kier molecular flexibility index (Phi) is 7.31. The molecule has 8 heteroatoms. The van der Waals surface area contributed by atoms with Crippen LogP contribution in [0.3, 0.4) is 0 Å². The van der Waals surface area contributed by atoms with Crippen molar-refractivity contribution < 1.29 is 9.47 Å². The Labute approximate surface area is 162 Å². The van der Waals surface area contributed by atoms with E-state index < -0.39 is 0 Å². The molecule has 0 fully saturated rings. The highest BCUT2D eigenvalue weighted by molar-refractivity contribution is 9.10. The predicted molar refractivity (Wildman–Crippen MR) is 106 cm³/mol. The number of halogens is 1. The van der Waals surface area contributed by atoms with E-state index in [1.54, 1.807) is 0 Å². The minimum Gasteiger partial charge on any atom is -0.490 e. The van der Waals surface area contributed by atoms with Crippen LogP contribution < -0.4 is 14.9 Å². The number of nitrogens with zero attached hydrogens (tertiary/aromatic N) is 2. The van der Waals surface area contributed by atoms with E-state index in [1.807, 2.05) is 37.6 Å². The van der Waals surface area contributed by atoms with Crippen molar-refractivity contribution in [2.75, 3.05) is 12.0 Å². The van der Waals surface area contributed by atoms with E-state index in [2.05, 4.69) is 38.5 Å². The maximum atomic E-state index is 5.88. The third-order valence-electron chi connectivity index (χ3n) is 3.38. The van der Waals surface area contributed by atoms with E-state index in [9.17, 15) is 0 Å². The highest BCUT2D eigenvalue weighted by atomic mass is 79.9. The van der Waals surface area contributed by atoms with Crippen LogP contribution in [0.15, 0.2) is 16.6 Å². The molecule has 25 heavy (non-hydrogen) atoms. The molecule has 2 rings (SSSR count). The Morgan fingerprint density at radius 3 is 2.76 bits per heavy atom. The second kappa shape index (κ2) is 9.24. The molecule has 0 atom stereocenters. The van der Waals surface area contributed by atoms with Gasteiger partial charge in [0.15, 0.2) is 17.3 Å². The largest absolute Gasteiger partial charge is 0.490 e. The van der Waals surface area contributed by atoms with E-state index in [1.165, 1.54) is 0 Å². The first-order valence-corrected chi connectivity index (χ1v) is 9.68. The number of aryl methyl sites for hydroxylation is 1. The van der Waals surface area contributed by atoms with Crippen molar-refractivity contribution in [3.8, 4) is 11.5 Å². The van der Waals surface area contributed by atoms with Gasteiger partial charge in [-0.15, -0.1) is 0 Å². The van der Waals surface area contributed by atoms with Crippen molar-refractivity contribution in [2.45, 2.75) is 53.2 Å². The van der Waals surface area contributed by atoms with Crippen LogP contribution in [-0.4, -0.2) is 27.6 Å². The molecule has 0 unspecified atom stereocenters. The summed E-state index contributed by atoms with van der Waals surface area (Å²) >= 11 is 8.88. The molecule has 138 valence electrons. The van der Waals surface area contributed by atoms with Crippen LogP contribution in [0.5, 0.6) is 11.5 Å². The minimum absolute atomic E-state index is 0.0698. The second-order valence-electron chi connectivity index (χ2n) is 5.87. The monoisotopic (exact) mass is 428 g/mol. The van der Waals surface area contributed by atoms with Gasteiger partial charge in [-0.3, -0.25) is 5.10 Å². The number of nitrogens with one attached hydrogen (secondary N) is 2. The van der Waals surface area contributed by atoms with E-state index in [4.69, 9.17) is 21.7 Å². The molecule has 0 saturated heterocycles. The summed E-state index contributed by atoms with van der Waals surface area (Å²) in [5, 5.41) is 7.09. The summed E-state index contributed by atoms with van der Waals surface area (Å²) < 4.78 is 14.9. The molecular formula is C17H25BrN4O2S. The molecule has 1 heterocycles. The minimum atomic E-state index is 0.0698.